The molecule has 0 aromatic heterocycles. The molecule has 8 bridgehead atoms. The highest BCUT2D eigenvalue weighted by atomic mass is 16.5. The van der Waals surface area contributed by atoms with Crippen molar-refractivity contribution in [3.8, 4) is 69.0 Å². The lowest BCUT2D eigenvalue weighted by molar-refractivity contribution is 0.261. The smallest absolute Gasteiger partial charge is 0.323 e. The summed E-state index contributed by atoms with van der Waals surface area (Å²) in [5.74, 6) is 6.18. The van der Waals surface area contributed by atoms with E-state index in [1.165, 1.54) is 0 Å². The van der Waals surface area contributed by atoms with E-state index in [0.29, 0.717) is 264 Å². The van der Waals surface area contributed by atoms with E-state index in [-0.39, 0.29) is 25.7 Å². The Bertz CT molecular complexity index is 4420. The Balaban J connectivity index is 1.34. The molecule has 0 fully saturated rings. The first kappa shape index (κ1) is 110. The number of hydrogen-bond donors (Lipinski definition) is 8. The van der Waals surface area contributed by atoms with Crippen LogP contribution in [0.15, 0.2) is 223 Å². The predicted molar refractivity (Wildman–Crippen MR) is 573 cm³/mol. The number of amides is 8. The molecule has 0 saturated heterocycles. The topological polar surface area (TPSA) is 275 Å². The Hall–Kier alpha value is -13.6. The number of fused-ring (bicyclic) bond motifs is 8. The summed E-state index contributed by atoms with van der Waals surface area (Å²) in [5, 5.41) is 25.6. The summed E-state index contributed by atoms with van der Waals surface area (Å²) in [5.41, 5.74) is 8.44. The van der Waals surface area contributed by atoms with Gasteiger partial charge in [0.1, 0.15) is 69.0 Å². The molecule has 0 aliphatic heterocycles. The Morgan fingerprint density at radius 2 is 0.336 bits per heavy atom. The molecule has 1 aliphatic rings. The lowest BCUT2D eigenvalue weighted by Crippen LogP contribution is -2.21. The quantitative estimate of drug-likeness (QED) is 0.0130. The minimum atomic E-state index is -0.572. The van der Waals surface area contributed by atoms with Gasteiger partial charge in [-0.15, -0.1) is 52.6 Å². The molecule has 1 aliphatic carbocycles. The van der Waals surface area contributed by atoms with Crippen LogP contribution in [0.4, 0.5) is 64.7 Å². The van der Waals surface area contributed by atoms with Crippen molar-refractivity contribution in [1.82, 2.24) is 0 Å². The van der Waals surface area contributed by atoms with Crippen LogP contribution in [0.5, 0.6) is 69.0 Å². The van der Waals surface area contributed by atoms with Gasteiger partial charge in [-0.3, -0.25) is 0 Å². The third-order valence-electron chi connectivity index (χ3n) is 22.6. The van der Waals surface area contributed by atoms with Gasteiger partial charge in [-0.1, -0.05) is 128 Å². The molecule has 0 radical (unpaired) electrons. The van der Waals surface area contributed by atoms with Crippen molar-refractivity contribution in [2.24, 2.45) is 0 Å². The molecule has 140 heavy (non-hydrogen) atoms. The number of unbranched alkanes of at least 4 members (excludes halogenated alkanes) is 16. The molecule has 8 aromatic rings. The average molecular weight is 1910 g/mol. The highest BCUT2D eigenvalue weighted by molar-refractivity contribution is 6.03. The summed E-state index contributed by atoms with van der Waals surface area (Å²) in [6.45, 7) is 44.3. The van der Waals surface area contributed by atoms with Gasteiger partial charge >= 0.3 is 24.1 Å². The van der Waals surface area contributed by atoms with Gasteiger partial charge in [0.25, 0.3) is 0 Å². The maximum absolute atomic E-state index is 15.4. The molecule has 0 saturated carbocycles. The van der Waals surface area contributed by atoms with E-state index in [9.17, 15) is 0 Å². The van der Waals surface area contributed by atoms with E-state index in [1.54, 1.807) is 48.5 Å². The van der Waals surface area contributed by atoms with Gasteiger partial charge in [0.2, 0.25) is 0 Å². The SMILES string of the molecule is C=CCCCOc1cc(NC(=O)Nc2cc3c(OCCCCC)c(c2)Cc2cc(NC(=O)Nc4cc(OCCCC=C)cc(OCCCC=C)c4)cc(c2OCCCCC)Cc2cc(NC(=O)Nc4cc(OCCCC=C)cc(OCCCC=C)c4)cc(c2OCCCCC)Cc2cc(NC(=O)Nc4cc(OCCCC=C)cc(OCCCC=C)c4)cc(c2OCCCCC)C3)cc(OCCCC=C)c1. The van der Waals surface area contributed by atoms with Gasteiger partial charge in [-0.2, -0.15) is 0 Å². The summed E-state index contributed by atoms with van der Waals surface area (Å²) in [6.07, 6.45) is 36.9. The molecule has 24 nitrogen and oxygen atoms in total. The summed E-state index contributed by atoms with van der Waals surface area (Å²) in [7, 11) is 0. The molecule has 0 heterocycles. The van der Waals surface area contributed by atoms with Crippen LogP contribution in [-0.2, 0) is 25.7 Å². The largest absolute Gasteiger partial charge is 0.493 e. The lowest BCUT2D eigenvalue weighted by Gasteiger charge is -2.25. The van der Waals surface area contributed by atoms with Crippen molar-refractivity contribution >= 4 is 69.6 Å². The molecule has 8 N–H and O–H groups in total. The van der Waals surface area contributed by atoms with Crippen LogP contribution in [-0.4, -0.2) is 103 Å². The molecule has 8 aromatic carbocycles. The van der Waals surface area contributed by atoms with Crippen molar-refractivity contribution in [3.63, 3.8) is 0 Å². The second kappa shape index (κ2) is 63.8. The minimum Gasteiger partial charge on any atom is -0.493 e. The second-order valence-electron chi connectivity index (χ2n) is 34.7. The van der Waals surface area contributed by atoms with E-state index >= 15 is 19.2 Å². The maximum atomic E-state index is 15.4. The number of ether oxygens (including phenoxy) is 12. The summed E-state index contributed by atoms with van der Waals surface area (Å²) in [6, 6.07) is 34.6. The Labute approximate surface area is 832 Å². The van der Waals surface area contributed by atoms with Crippen LogP contribution in [0, 0.1) is 0 Å². The monoisotopic (exact) mass is 1910 g/mol. The van der Waals surface area contributed by atoms with E-state index in [0.717, 1.165) is 154 Å². The molecule has 9 rings (SSSR count). The van der Waals surface area contributed by atoms with Crippen molar-refractivity contribution in [3.05, 3.63) is 267 Å². The van der Waals surface area contributed by atoms with E-state index in [1.807, 2.05) is 121 Å². The van der Waals surface area contributed by atoms with Crippen LogP contribution in [0.1, 0.15) is 252 Å². The van der Waals surface area contributed by atoms with Gasteiger partial charge in [0, 0.05) is 188 Å². The zero-order chi connectivity index (χ0) is 99.5. The number of benzene rings is 8. The number of allylic oxidation sites excluding steroid dienone is 8. The second-order valence-corrected chi connectivity index (χ2v) is 34.7. The number of rotatable bonds is 68. The first-order chi connectivity index (χ1) is 68.5. The Morgan fingerprint density at radius 3 is 0.471 bits per heavy atom. The van der Waals surface area contributed by atoms with Gasteiger partial charge < -0.3 is 99.4 Å². The maximum Gasteiger partial charge on any atom is 0.323 e. The van der Waals surface area contributed by atoms with Crippen molar-refractivity contribution in [2.45, 2.75) is 233 Å². The molecule has 0 unspecified atom stereocenters. The number of urea groups is 4. The summed E-state index contributed by atoms with van der Waals surface area (Å²) in [4.78, 5) is 61.4. The fourth-order valence-corrected chi connectivity index (χ4v) is 15.8. The van der Waals surface area contributed by atoms with Crippen LogP contribution in [0.3, 0.4) is 0 Å². The van der Waals surface area contributed by atoms with Crippen LogP contribution in [0.25, 0.3) is 0 Å². The van der Waals surface area contributed by atoms with Crippen LogP contribution < -0.4 is 99.4 Å². The zero-order valence-electron chi connectivity index (χ0n) is 83.5. The van der Waals surface area contributed by atoms with E-state index in [2.05, 4.69) is 123 Å². The fourth-order valence-electron chi connectivity index (χ4n) is 15.8. The van der Waals surface area contributed by atoms with Crippen molar-refractivity contribution in [2.75, 3.05) is 122 Å². The number of carbonyl (C=O) groups is 4. The van der Waals surface area contributed by atoms with Gasteiger partial charge in [-0.25, -0.2) is 19.2 Å². The minimum absolute atomic E-state index is 0.0855. The van der Waals surface area contributed by atoms with Gasteiger partial charge in [0.15, 0.2) is 0 Å². The fraction of sp³-hybridized carbons (Fsp3) is 0.414. The standard InChI is InChI=1S/C116H152N8O16/c1-13-25-37-49-129-101-73-97(74-102(81-101)130-50-38-26-14-2)121-113(125)117-93-65-85-61-87-67-94(118-114(126)122-98-75-103(131-51-39-27-15-3)82-104(76-98)132-52-40-28-16-4)69-89(110(87)138-58-46-34-22-10)63-91-71-96(120-116(128)124-100-79-107(135-55-43-31-19-7)84-108(80-100)136-56-44-32-20-8)72-92(112(91)140-60-48-36-24-12)64-90-70-95(68-88(111(90)139-59-47-35-23-11)62-86(66-93)109(85)137-57-45-33-21-9)119-115(127)123-99-77-105(133-53-41-29-17-5)83-106(78-99)134-54-42-30-18-6/h13-20,65-84H,1-8,21-64H2,9-12H3,(H2,117,121,125)(H2,118,122,126)(H2,119,123,127)(H2,120,124,128). The van der Waals surface area contributed by atoms with E-state index in [4.69, 9.17) is 56.8 Å². The first-order valence-electron chi connectivity index (χ1n) is 50.5. The Kier molecular flexibility index (Phi) is 50.1. The van der Waals surface area contributed by atoms with Crippen molar-refractivity contribution < 1.29 is 76.0 Å². The third-order valence-corrected chi connectivity index (χ3v) is 22.6. The number of anilines is 8. The number of carbonyl (C=O) groups excluding carboxylic acids is 4. The molecule has 8 amide bonds. The zero-order valence-corrected chi connectivity index (χ0v) is 83.5. The molecular weight excluding hydrogens is 1760 g/mol. The molecule has 24 heteroatoms. The van der Waals surface area contributed by atoms with Gasteiger partial charge in [-0.05, 0) is 177 Å². The van der Waals surface area contributed by atoms with Crippen LogP contribution >= 0.6 is 0 Å². The highest BCUT2D eigenvalue weighted by Gasteiger charge is 2.28. The van der Waals surface area contributed by atoms with Crippen LogP contribution in [0.2, 0.25) is 0 Å². The molecular formula is C116H152N8O16. The predicted octanol–water partition coefficient (Wildman–Crippen LogP) is 30.0. The number of nitrogens with one attached hydrogen (secondary N) is 8. The normalized spacial score (nSPS) is 11.2. The third kappa shape index (κ3) is 39.7. The molecule has 0 spiro atoms. The summed E-state index contributed by atoms with van der Waals surface area (Å²) < 4.78 is 79.9. The summed E-state index contributed by atoms with van der Waals surface area (Å²) >= 11 is 0. The van der Waals surface area contributed by atoms with Crippen molar-refractivity contribution in [1.29, 1.82) is 0 Å². The van der Waals surface area contributed by atoms with E-state index < -0.39 is 24.1 Å². The molecule has 752 valence electrons. The lowest BCUT2D eigenvalue weighted by atomic mass is 9.90. The number of hydrogen-bond acceptors (Lipinski definition) is 16. The highest BCUT2D eigenvalue weighted by Crippen LogP contribution is 2.45. The molecule has 0 atom stereocenters. The van der Waals surface area contributed by atoms with Gasteiger partial charge in [0.05, 0.1) is 79.3 Å². The average Bonchev–Trinajstić information content (AvgIpc) is 0.773. The first-order valence-corrected chi connectivity index (χ1v) is 50.5. The Morgan fingerprint density at radius 1 is 0.200 bits per heavy atom.